The van der Waals surface area contributed by atoms with Crippen molar-refractivity contribution in [1.82, 2.24) is 9.80 Å². The van der Waals surface area contributed by atoms with Crippen molar-refractivity contribution in [2.45, 2.75) is 25.4 Å². The molecule has 2 unspecified atom stereocenters. The van der Waals surface area contributed by atoms with Crippen LogP contribution in [0.15, 0.2) is 0 Å². The Morgan fingerprint density at radius 1 is 0.933 bits per heavy atom. The van der Waals surface area contributed by atoms with E-state index in [1.54, 1.807) is 0 Å². The smallest absolute Gasteiger partial charge is 0.0620 e. The summed E-state index contributed by atoms with van der Waals surface area (Å²) in [7, 11) is 8.34. The van der Waals surface area contributed by atoms with Gasteiger partial charge in [0, 0.05) is 13.1 Å². The van der Waals surface area contributed by atoms with E-state index in [2.05, 4.69) is 38.0 Å². The van der Waals surface area contributed by atoms with Crippen LogP contribution in [-0.4, -0.2) is 62.3 Å². The molecule has 0 bridgehead atoms. The summed E-state index contributed by atoms with van der Waals surface area (Å²) in [5, 5.41) is 10.3. The second-order valence-electron chi connectivity index (χ2n) is 5.47. The molecule has 0 aromatic heterocycles. The molecule has 0 saturated heterocycles. The van der Waals surface area contributed by atoms with Crippen LogP contribution in [0.4, 0.5) is 0 Å². The van der Waals surface area contributed by atoms with E-state index in [9.17, 15) is 5.11 Å². The predicted molar refractivity (Wildman–Crippen MR) is 63.9 cm³/mol. The Kier molecular flexibility index (Phi) is 5.03. The predicted octanol–water partition coefficient (Wildman–Crippen LogP) is 0.887. The Morgan fingerprint density at radius 3 is 1.67 bits per heavy atom. The third-order valence-electron chi connectivity index (χ3n) is 3.32. The van der Waals surface area contributed by atoms with Crippen LogP contribution in [0.3, 0.4) is 0 Å². The molecule has 1 rings (SSSR count). The van der Waals surface area contributed by atoms with E-state index in [0.29, 0.717) is 11.8 Å². The van der Waals surface area contributed by atoms with E-state index in [0.717, 1.165) is 13.1 Å². The number of nitrogens with zero attached hydrogens (tertiary/aromatic N) is 2. The Hall–Kier alpha value is -0.120. The first-order valence-electron chi connectivity index (χ1n) is 5.98. The number of aliphatic hydroxyl groups excluding tert-OH is 1. The molecule has 3 nitrogen and oxygen atoms in total. The maximum Gasteiger partial charge on any atom is 0.0620 e. The van der Waals surface area contributed by atoms with Gasteiger partial charge < -0.3 is 14.9 Å². The highest BCUT2D eigenvalue weighted by Gasteiger charge is 2.31. The largest absolute Gasteiger partial charge is 0.392 e. The second kappa shape index (κ2) is 5.83. The van der Waals surface area contributed by atoms with Crippen molar-refractivity contribution in [2.24, 2.45) is 11.8 Å². The molecule has 0 radical (unpaired) electrons. The first-order chi connectivity index (χ1) is 7.00. The van der Waals surface area contributed by atoms with E-state index >= 15 is 0 Å². The zero-order valence-corrected chi connectivity index (χ0v) is 10.6. The van der Waals surface area contributed by atoms with Gasteiger partial charge in [0.15, 0.2) is 0 Å². The average molecular weight is 214 g/mol. The van der Waals surface area contributed by atoms with E-state index < -0.39 is 0 Å². The topological polar surface area (TPSA) is 26.7 Å². The van der Waals surface area contributed by atoms with Gasteiger partial charge in [-0.3, -0.25) is 0 Å². The zero-order chi connectivity index (χ0) is 11.4. The minimum atomic E-state index is -0.108. The molecular weight excluding hydrogens is 188 g/mol. The molecule has 0 aromatic carbocycles. The molecule has 0 aromatic rings. The molecule has 0 spiro atoms. The molecule has 1 aliphatic rings. The lowest BCUT2D eigenvalue weighted by molar-refractivity contribution is -0.00167. The monoisotopic (exact) mass is 214 g/mol. The summed E-state index contributed by atoms with van der Waals surface area (Å²) in [6, 6.07) is 0. The van der Waals surface area contributed by atoms with E-state index in [1.807, 2.05) is 0 Å². The first kappa shape index (κ1) is 12.9. The molecule has 15 heavy (non-hydrogen) atoms. The maximum atomic E-state index is 10.3. The van der Waals surface area contributed by atoms with Gasteiger partial charge in [0.1, 0.15) is 0 Å². The van der Waals surface area contributed by atoms with Crippen molar-refractivity contribution in [1.29, 1.82) is 0 Å². The highest BCUT2D eigenvalue weighted by Crippen LogP contribution is 2.30. The molecule has 3 heteroatoms. The molecule has 1 N–H and O–H groups in total. The van der Waals surface area contributed by atoms with Crippen LogP contribution in [-0.2, 0) is 0 Å². The van der Waals surface area contributed by atoms with Crippen molar-refractivity contribution in [2.75, 3.05) is 41.3 Å². The normalized spacial score (nSPS) is 32.6. The number of rotatable bonds is 4. The summed E-state index contributed by atoms with van der Waals surface area (Å²) < 4.78 is 0. The summed E-state index contributed by atoms with van der Waals surface area (Å²) >= 11 is 0. The Bertz CT molecular complexity index is 164. The standard InChI is InChI=1S/C12H26N2O/c1-13(2)8-10-6-5-7-11(12(10)15)9-14(3)4/h10-12,15H,5-9H2,1-4H3. The second-order valence-corrected chi connectivity index (χ2v) is 5.47. The van der Waals surface area contributed by atoms with Gasteiger partial charge in [-0.2, -0.15) is 0 Å². The Balaban J connectivity index is 2.47. The van der Waals surface area contributed by atoms with Crippen LogP contribution in [0.25, 0.3) is 0 Å². The van der Waals surface area contributed by atoms with E-state index in [1.165, 1.54) is 19.3 Å². The fraction of sp³-hybridized carbons (Fsp3) is 1.00. The summed E-state index contributed by atoms with van der Waals surface area (Å²) in [5.41, 5.74) is 0. The molecule has 0 aliphatic heterocycles. The Labute approximate surface area is 94.1 Å². The molecule has 90 valence electrons. The summed E-state index contributed by atoms with van der Waals surface area (Å²) in [6.45, 7) is 2.04. The highest BCUT2D eigenvalue weighted by molar-refractivity contribution is 4.84. The van der Waals surface area contributed by atoms with Gasteiger partial charge in [0.2, 0.25) is 0 Å². The van der Waals surface area contributed by atoms with Gasteiger partial charge >= 0.3 is 0 Å². The van der Waals surface area contributed by atoms with Crippen molar-refractivity contribution in [3.05, 3.63) is 0 Å². The summed E-state index contributed by atoms with van der Waals surface area (Å²) in [5.74, 6) is 0.942. The fourth-order valence-electron chi connectivity index (χ4n) is 2.71. The molecule has 2 atom stereocenters. The van der Waals surface area contributed by atoms with E-state index in [-0.39, 0.29) is 6.10 Å². The Morgan fingerprint density at radius 2 is 1.33 bits per heavy atom. The van der Waals surface area contributed by atoms with Gasteiger partial charge in [-0.1, -0.05) is 6.42 Å². The minimum Gasteiger partial charge on any atom is -0.392 e. The SMILES string of the molecule is CN(C)CC1CCCC(CN(C)C)C1O. The van der Waals surface area contributed by atoms with Crippen molar-refractivity contribution < 1.29 is 5.11 Å². The average Bonchev–Trinajstić information content (AvgIpc) is 2.10. The quantitative estimate of drug-likeness (QED) is 0.753. The molecule has 0 heterocycles. The molecule has 1 aliphatic carbocycles. The molecule has 1 saturated carbocycles. The van der Waals surface area contributed by atoms with Gasteiger partial charge in [0.25, 0.3) is 0 Å². The van der Waals surface area contributed by atoms with E-state index in [4.69, 9.17) is 0 Å². The molecule has 1 fully saturated rings. The summed E-state index contributed by atoms with van der Waals surface area (Å²) in [4.78, 5) is 4.37. The molecular formula is C12H26N2O. The van der Waals surface area contributed by atoms with Crippen LogP contribution in [0.1, 0.15) is 19.3 Å². The fourth-order valence-corrected chi connectivity index (χ4v) is 2.71. The maximum absolute atomic E-state index is 10.3. The van der Waals surface area contributed by atoms with Crippen LogP contribution in [0, 0.1) is 11.8 Å². The van der Waals surface area contributed by atoms with Crippen molar-refractivity contribution in [3.8, 4) is 0 Å². The summed E-state index contributed by atoms with van der Waals surface area (Å²) in [6.07, 6.45) is 3.53. The highest BCUT2D eigenvalue weighted by atomic mass is 16.3. The third-order valence-corrected chi connectivity index (χ3v) is 3.32. The van der Waals surface area contributed by atoms with Crippen molar-refractivity contribution >= 4 is 0 Å². The van der Waals surface area contributed by atoms with Gasteiger partial charge in [-0.15, -0.1) is 0 Å². The van der Waals surface area contributed by atoms with Crippen LogP contribution >= 0.6 is 0 Å². The molecule has 0 amide bonds. The number of hydrogen-bond donors (Lipinski definition) is 1. The van der Waals surface area contributed by atoms with Gasteiger partial charge in [0.05, 0.1) is 6.10 Å². The lowest BCUT2D eigenvalue weighted by Gasteiger charge is -2.37. The number of aliphatic hydroxyl groups is 1. The third kappa shape index (κ3) is 4.09. The number of hydrogen-bond acceptors (Lipinski definition) is 3. The zero-order valence-electron chi connectivity index (χ0n) is 10.6. The van der Waals surface area contributed by atoms with Crippen molar-refractivity contribution in [3.63, 3.8) is 0 Å². The van der Waals surface area contributed by atoms with Gasteiger partial charge in [-0.05, 0) is 52.9 Å². The minimum absolute atomic E-state index is 0.108. The van der Waals surface area contributed by atoms with Gasteiger partial charge in [-0.25, -0.2) is 0 Å². The first-order valence-corrected chi connectivity index (χ1v) is 5.98. The lowest BCUT2D eigenvalue weighted by atomic mass is 9.78. The van der Waals surface area contributed by atoms with Crippen LogP contribution in [0.5, 0.6) is 0 Å². The lowest BCUT2D eigenvalue weighted by Crippen LogP contribution is -2.42. The van der Waals surface area contributed by atoms with Crippen LogP contribution in [0.2, 0.25) is 0 Å². The van der Waals surface area contributed by atoms with Crippen LogP contribution < -0.4 is 0 Å².